The largest absolute Gasteiger partial charge is 0.481 e. The number of nitrogens with two attached hydrogens (primary N) is 1. The van der Waals surface area contributed by atoms with E-state index in [0.29, 0.717) is 17.1 Å². The molecule has 36 heavy (non-hydrogen) atoms. The zero-order valence-corrected chi connectivity index (χ0v) is 21.4. The minimum absolute atomic E-state index is 0.164. The number of hydrogen-bond acceptors (Lipinski definition) is 5. The zero-order valence-electron chi connectivity index (χ0n) is 21.4. The van der Waals surface area contributed by atoms with Gasteiger partial charge in [-0.3, -0.25) is 9.48 Å². The maximum atomic E-state index is 11.7. The summed E-state index contributed by atoms with van der Waals surface area (Å²) in [5.41, 5.74) is 8.63. The van der Waals surface area contributed by atoms with Gasteiger partial charge in [-0.25, -0.2) is 0 Å². The van der Waals surface area contributed by atoms with Gasteiger partial charge in [0.1, 0.15) is 11.5 Å². The van der Waals surface area contributed by atoms with Crippen molar-refractivity contribution in [3.63, 3.8) is 0 Å². The van der Waals surface area contributed by atoms with Crippen molar-refractivity contribution < 1.29 is 14.6 Å². The van der Waals surface area contributed by atoms with Gasteiger partial charge in [0.15, 0.2) is 5.75 Å². The molecule has 0 fully saturated rings. The van der Waals surface area contributed by atoms with Crippen LogP contribution in [0, 0.1) is 0 Å². The summed E-state index contributed by atoms with van der Waals surface area (Å²) in [4.78, 5) is 11.7. The van der Waals surface area contributed by atoms with Crippen molar-refractivity contribution in [2.75, 3.05) is 5.32 Å². The molecule has 0 saturated heterocycles. The van der Waals surface area contributed by atoms with Gasteiger partial charge in [0.25, 0.3) is 0 Å². The van der Waals surface area contributed by atoms with Crippen molar-refractivity contribution in [2.45, 2.75) is 46.1 Å². The number of aromatic nitrogens is 2. The lowest BCUT2D eigenvalue weighted by molar-refractivity contribution is -0.142. The van der Waals surface area contributed by atoms with Crippen LogP contribution in [0.1, 0.15) is 46.2 Å². The minimum Gasteiger partial charge on any atom is -0.481 e. The first kappa shape index (κ1) is 26.3. The summed E-state index contributed by atoms with van der Waals surface area (Å²) >= 11 is 0. The Morgan fingerprint density at radius 2 is 1.89 bits per heavy atom. The standard InChI is InChI=1S/C29H34N4O3/c1-6-23(31-24-14-10-13-22(17-24)29(4,5)28(34)35)18-25(15-16-30)36-26-19-33(20(2)3)32-27(26)21-11-8-7-9-12-21/h6-20,31H,30H2,1-5H3,(H,34,35)/b16-15-,23-6+,25-18+. The predicted molar refractivity (Wildman–Crippen MR) is 145 cm³/mol. The highest BCUT2D eigenvalue weighted by Crippen LogP contribution is 2.32. The van der Waals surface area contributed by atoms with E-state index in [0.717, 1.165) is 22.6 Å². The average Bonchev–Trinajstić information content (AvgIpc) is 3.28. The highest BCUT2D eigenvalue weighted by atomic mass is 16.5. The number of aliphatic carboxylic acids is 1. The minimum atomic E-state index is -1.01. The second kappa shape index (κ2) is 11.4. The molecule has 0 unspecified atom stereocenters. The number of carbonyl (C=O) groups is 1. The molecular weight excluding hydrogens is 452 g/mol. The van der Waals surface area contributed by atoms with Gasteiger partial charge in [-0.15, -0.1) is 0 Å². The van der Waals surface area contributed by atoms with E-state index in [-0.39, 0.29) is 6.04 Å². The normalized spacial score (nSPS) is 12.8. The number of rotatable bonds is 10. The van der Waals surface area contributed by atoms with Crippen molar-refractivity contribution in [2.24, 2.45) is 5.73 Å². The van der Waals surface area contributed by atoms with E-state index in [1.54, 1.807) is 19.9 Å². The third kappa shape index (κ3) is 6.24. The molecule has 2 aromatic carbocycles. The fourth-order valence-electron chi connectivity index (χ4n) is 3.46. The summed E-state index contributed by atoms with van der Waals surface area (Å²) in [6.45, 7) is 9.39. The summed E-state index contributed by atoms with van der Waals surface area (Å²) < 4.78 is 8.17. The molecule has 3 aromatic rings. The molecule has 0 aliphatic rings. The Hall–Kier alpha value is -4.26. The number of carboxylic acids is 1. The molecule has 7 nitrogen and oxygen atoms in total. The van der Waals surface area contributed by atoms with Gasteiger partial charge >= 0.3 is 5.97 Å². The van der Waals surface area contributed by atoms with Crippen molar-refractivity contribution >= 4 is 11.7 Å². The van der Waals surface area contributed by atoms with E-state index in [4.69, 9.17) is 15.6 Å². The number of nitrogens with zero attached hydrogens (tertiary/aromatic N) is 2. The van der Waals surface area contributed by atoms with Crippen LogP contribution in [0.15, 0.2) is 96.7 Å². The van der Waals surface area contributed by atoms with Crippen LogP contribution in [0.5, 0.6) is 5.75 Å². The van der Waals surface area contributed by atoms with Gasteiger partial charge < -0.3 is 20.9 Å². The topological polar surface area (TPSA) is 102 Å². The number of allylic oxidation sites excluding steroid dienone is 3. The first-order valence-corrected chi connectivity index (χ1v) is 11.9. The van der Waals surface area contributed by atoms with Crippen LogP contribution in [0.25, 0.3) is 11.3 Å². The Bertz CT molecular complexity index is 1280. The van der Waals surface area contributed by atoms with Gasteiger partial charge in [0.2, 0.25) is 0 Å². The highest BCUT2D eigenvalue weighted by molar-refractivity contribution is 5.80. The molecule has 0 amide bonds. The molecule has 188 valence electrons. The quantitative estimate of drug-likeness (QED) is 0.231. The van der Waals surface area contributed by atoms with Gasteiger partial charge in [0, 0.05) is 29.1 Å². The Labute approximate surface area is 212 Å². The van der Waals surface area contributed by atoms with Crippen molar-refractivity contribution in [1.29, 1.82) is 0 Å². The number of carboxylic acid groups (broad SMARTS) is 1. The summed E-state index contributed by atoms with van der Waals surface area (Å²) in [5.74, 6) is 0.242. The maximum Gasteiger partial charge on any atom is 0.313 e. The highest BCUT2D eigenvalue weighted by Gasteiger charge is 2.29. The van der Waals surface area contributed by atoms with E-state index in [9.17, 15) is 9.90 Å². The van der Waals surface area contributed by atoms with Crippen LogP contribution >= 0.6 is 0 Å². The van der Waals surface area contributed by atoms with Gasteiger partial charge in [-0.2, -0.15) is 5.10 Å². The molecule has 0 saturated carbocycles. The lowest BCUT2D eigenvalue weighted by Gasteiger charge is -2.20. The molecule has 4 N–H and O–H groups in total. The molecule has 0 spiro atoms. The van der Waals surface area contributed by atoms with E-state index >= 15 is 0 Å². The predicted octanol–water partition coefficient (Wildman–Crippen LogP) is 6.24. The SMILES string of the molecule is C\C=C(/C=C(\C=C/N)Oc1cn(C(C)C)nc1-c1ccccc1)Nc1cccc(C(C)(C)C(=O)O)c1. The third-order valence-corrected chi connectivity index (χ3v) is 5.78. The average molecular weight is 487 g/mol. The van der Waals surface area contributed by atoms with Crippen LogP contribution in [-0.4, -0.2) is 20.9 Å². The number of nitrogens with one attached hydrogen (secondary N) is 1. The Balaban J connectivity index is 1.93. The molecule has 0 bridgehead atoms. The first-order chi connectivity index (χ1) is 17.1. The zero-order chi connectivity index (χ0) is 26.3. The Kier molecular flexibility index (Phi) is 8.38. The molecule has 0 atom stereocenters. The lowest BCUT2D eigenvalue weighted by atomic mass is 9.84. The Morgan fingerprint density at radius 1 is 1.17 bits per heavy atom. The molecule has 3 rings (SSSR count). The smallest absolute Gasteiger partial charge is 0.313 e. The number of hydrogen-bond donors (Lipinski definition) is 3. The molecule has 1 heterocycles. The Morgan fingerprint density at radius 3 is 2.50 bits per heavy atom. The van der Waals surface area contributed by atoms with Gasteiger partial charge in [-0.05, 0) is 64.6 Å². The maximum absolute atomic E-state index is 11.7. The third-order valence-electron chi connectivity index (χ3n) is 5.78. The van der Waals surface area contributed by atoms with Crippen LogP contribution in [0.2, 0.25) is 0 Å². The molecule has 7 heteroatoms. The first-order valence-electron chi connectivity index (χ1n) is 11.9. The van der Waals surface area contributed by atoms with E-state index in [2.05, 4.69) is 19.2 Å². The van der Waals surface area contributed by atoms with Gasteiger partial charge in [0.05, 0.1) is 11.6 Å². The lowest BCUT2D eigenvalue weighted by Crippen LogP contribution is -2.28. The summed E-state index contributed by atoms with van der Waals surface area (Å²) in [5, 5.41) is 17.7. The van der Waals surface area contributed by atoms with E-state index in [1.165, 1.54) is 6.20 Å². The number of ether oxygens (including phenoxy) is 1. The summed E-state index contributed by atoms with van der Waals surface area (Å²) in [7, 11) is 0. The summed E-state index contributed by atoms with van der Waals surface area (Å²) in [6.07, 6.45) is 8.71. The van der Waals surface area contributed by atoms with Crippen LogP contribution in [0.4, 0.5) is 5.69 Å². The fraction of sp³-hybridized carbons (Fsp3) is 0.241. The van der Waals surface area contributed by atoms with Crippen LogP contribution in [0.3, 0.4) is 0 Å². The second-order valence-electron chi connectivity index (χ2n) is 9.17. The fourth-order valence-corrected chi connectivity index (χ4v) is 3.46. The summed E-state index contributed by atoms with van der Waals surface area (Å²) in [6, 6.07) is 17.4. The number of benzene rings is 2. The molecule has 0 radical (unpaired) electrons. The van der Waals surface area contributed by atoms with E-state index < -0.39 is 11.4 Å². The molecular formula is C29H34N4O3. The second-order valence-corrected chi connectivity index (χ2v) is 9.17. The van der Waals surface area contributed by atoms with Crippen LogP contribution in [-0.2, 0) is 10.2 Å². The van der Waals surface area contributed by atoms with Crippen molar-refractivity contribution in [3.8, 4) is 17.0 Å². The van der Waals surface area contributed by atoms with Crippen LogP contribution < -0.4 is 15.8 Å². The molecule has 0 aliphatic heterocycles. The van der Waals surface area contributed by atoms with E-state index in [1.807, 2.05) is 84.6 Å². The van der Waals surface area contributed by atoms with Crippen molar-refractivity contribution in [1.82, 2.24) is 9.78 Å². The monoisotopic (exact) mass is 486 g/mol. The van der Waals surface area contributed by atoms with Crippen molar-refractivity contribution in [3.05, 3.63) is 102 Å². The molecule has 1 aromatic heterocycles. The van der Waals surface area contributed by atoms with Gasteiger partial charge in [-0.1, -0.05) is 48.5 Å². The number of anilines is 1. The molecule has 0 aliphatic carbocycles.